The van der Waals surface area contributed by atoms with Gasteiger partial charge >= 0.3 is 27.5 Å². The fourth-order valence-electron chi connectivity index (χ4n) is 6.17. The van der Waals surface area contributed by atoms with Crippen LogP contribution in [0, 0.1) is 13.8 Å². The number of hydrogen-bond donors (Lipinski definition) is 2. The molecule has 0 spiro atoms. The van der Waals surface area contributed by atoms with Crippen molar-refractivity contribution in [3.8, 4) is 0 Å². The van der Waals surface area contributed by atoms with Crippen LogP contribution in [0.4, 0.5) is 0 Å². The maximum atomic E-state index is 8.57. The van der Waals surface area contributed by atoms with Gasteiger partial charge in [-0.15, -0.1) is 0 Å². The third-order valence-electron chi connectivity index (χ3n) is 9.73. The molecule has 0 fully saturated rings. The molecule has 0 rings (SSSR count). The number of rotatable bonds is 38. The van der Waals surface area contributed by atoms with Gasteiger partial charge in [0.25, 0.3) is 0 Å². The van der Waals surface area contributed by atoms with Crippen LogP contribution in [0.25, 0.3) is 0 Å². The van der Waals surface area contributed by atoms with Gasteiger partial charge < -0.3 is 24.1 Å². The van der Waals surface area contributed by atoms with Crippen molar-refractivity contribution in [3.05, 3.63) is 13.8 Å². The average molecular weight is 819 g/mol. The van der Waals surface area contributed by atoms with Gasteiger partial charge in [-0.05, 0) is 12.8 Å². The van der Waals surface area contributed by atoms with Crippen LogP contribution in [-0.2, 0) is 27.5 Å². The van der Waals surface area contributed by atoms with Gasteiger partial charge in [-0.3, -0.25) is 0 Å². The molecule has 0 unspecified atom stereocenters. The molecule has 0 amide bonds. The first-order valence-electron chi connectivity index (χ1n) is 23.7. The van der Waals surface area contributed by atoms with Crippen LogP contribution < -0.4 is 0 Å². The topological polar surface area (TPSA) is 57.5 Å². The molecule has 0 saturated carbocycles. The fraction of sp³-hybridized carbons (Fsp3) is 0.958. The Kier molecular flexibility index (Phi) is 86.5. The predicted molar refractivity (Wildman–Crippen MR) is 233 cm³/mol. The van der Waals surface area contributed by atoms with Crippen molar-refractivity contribution in [2.24, 2.45) is 0 Å². The molecule has 0 aliphatic heterocycles. The molecule has 3 nitrogen and oxygen atoms in total. The van der Waals surface area contributed by atoms with Crippen molar-refractivity contribution in [3.63, 3.8) is 0 Å². The van der Waals surface area contributed by atoms with Crippen molar-refractivity contribution < 1.29 is 37.7 Å². The van der Waals surface area contributed by atoms with E-state index in [1.807, 2.05) is 0 Å². The normalized spacial score (nSPS) is 10.3. The zero-order chi connectivity index (χ0) is 39.7. The zero-order valence-corrected chi connectivity index (χ0v) is 39.4. The van der Waals surface area contributed by atoms with Crippen LogP contribution in [0.1, 0.15) is 285 Å². The number of aliphatic hydroxyl groups is 2. The number of unbranched alkanes of at least 4 members (excludes halogenated alkanes) is 36. The van der Waals surface area contributed by atoms with Crippen LogP contribution in [0.5, 0.6) is 0 Å². The summed E-state index contributed by atoms with van der Waals surface area (Å²) in [6.07, 6.45) is 54.4. The van der Waals surface area contributed by atoms with Gasteiger partial charge in [0.1, 0.15) is 0 Å². The molecule has 0 aliphatic rings. The zero-order valence-electron chi connectivity index (χ0n) is 36.9. The van der Waals surface area contributed by atoms with E-state index >= 15 is 0 Å². The molecule has 0 atom stereocenters. The Labute approximate surface area is 347 Å². The molecule has 316 valence electrons. The minimum absolute atomic E-state index is 0.300. The molecular weight excluding hydrogens is 716 g/mol. The summed E-state index contributed by atoms with van der Waals surface area (Å²) < 4.78 is 8.34. The van der Waals surface area contributed by atoms with Gasteiger partial charge in [0.15, 0.2) is 0 Å². The Morgan fingerprint density at radius 1 is 0.269 bits per heavy atom. The van der Waals surface area contributed by atoms with E-state index in [9.17, 15) is 0 Å². The van der Waals surface area contributed by atoms with Crippen LogP contribution in [-0.4, -0.2) is 23.4 Å². The van der Waals surface area contributed by atoms with E-state index in [0.29, 0.717) is 37.9 Å². The van der Waals surface area contributed by atoms with Gasteiger partial charge in [0, 0.05) is 13.2 Å². The summed E-state index contributed by atoms with van der Waals surface area (Å²) in [5.41, 5.74) is 0. The summed E-state index contributed by atoms with van der Waals surface area (Å²) in [7, 11) is 0. The first-order chi connectivity index (χ1) is 25.7. The van der Waals surface area contributed by atoms with Crippen LogP contribution in [0.15, 0.2) is 0 Å². The van der Waals surface area contributed by atoms with E-state index in [4.69, 9.17) is 13.0 Å². The molecule has 0 aromatic carbocycles. The summed E-state index contributed by atoms with van der Waals surface area (Å²) in [4.78, 5) is 0. The van der Waals surface area contributed by atoms with Crippen molar-refractivity contribution in [1.29, 1.82) is 0 Å². The van der Waals surface area contributed by atoms with E-state index in [2.05, 4.69) is 41.5 Å². The Morgan fingerprint density at radius 2 is 0.404 bits per heavy atom. The first kappa shape index (κ1) is 61.8. The van der Waals surface area contributed by atoms with Crippen molar-refractivity contribution in [2.45, 2.75) is 285 Å². The average Bonchev–Trinajstić information content (AvgIpc) is 3.17. The minimum atomic E-state index is 0.300. The summed E-state index contributed by atoms with van der Waals surface area (Å²) in [6, 6.07) is 0. The monoisotopic (exact) mass is 817 g/mol. The molecule has 0 aromatic rings. The van der Waals surface area contributed by atoms with E-state index in [0.717, 1.165) is 25.7 Å². The van der Waals surface area contributed by atoms with Crippen molar-refractivity contribution >= 4 is 0 Å². The second-order valence-corrected chi connectivity index (χ2v) is 15.2. The Bertz CT molecular complexity index is 408. The quantitative estimate of drug-likeness (QED) is 0.0482. The van der Waals surface area contributed by atoms with E-state index < -0.39 is 0 Å². The molecular formula is C48H102O3Zr. The first-order valence-corrected chi connectivity index (χ1v) is 24.7. The maximum absolute atomic E-state index is 8.57. The number of hydrogen-bond acceptors (Lipinski definition) is 3. The summed E-state index contributed by atoms with van der Waals surface area (Å²) >= 11 is 0.300. The molecule has 0 aliphatic carbocycles. The Morgan fingerprint density at radius 3 is 0.538 bits per heavy atom. The van der Waals surface area contributed by atoms with Gasteiger partial charge in [0.2, 0.25) is 0 Å². The molecule has 0 radical (unpaired) electrons. The van der Waals surface area contributed by atoms with E-state index in [1.165, 1.54) is 231 Å². The third-order valence-corrected chi connectivity index (χ3v) is 9.73. The third kappa shape index (κ3) is 83.6. The molecule has 0 heterocycles. The molecule has 2 N–H and O–H groups in total. The molecule has 0 saturated heterocycles. The molecule has 0 aromatic heterocycles. The predicted octanol–water partition coefficient (Wildman–Crippen LogP) is 17.2. The van der Waals surface area contributed by atoms with Gasteiger partial charge in [-0.25, -0.2) is 0 Å². The van der Waals surface area contributed by atoms with Crippen molar-refractivity contribution in [1.82, 2.24) is 0 Å². The fourth-order valence-corrected chi connectivity index (χ4v) is 6.17. The van der Waals surface area contributed by atoms with Gasteiger partial charge in [-0.2, -0.15) is 12.8 Å². The Hall–Kier alpha value is 0.603. The SMILES string of the molecule is CCCCCCCCCCCCO.CCCCCCCCCCCCO.[CH2-]CCCCCCCCCCC.[CH2-]CCCCCCCCCCC.[O]=[Zr+2]. The second kappa shape index (κ2) is 72.8. The Balaban J connectivity index is -0.000000186. The van der Waals surface area contributed by atoms with E-state index in [-0.39, 0.29) is 0 Å². The van der Waals surface area contributed by atoms with Gasteiger partial charge in [0.05, 0.1) is 0 Å². The standard InChI is InChI=1S/2C12H26O.2C12H25.O.Zr/c2*1-2-3-4-5-6-7-8-9-10-11-12-13;2*1-3-5-7-9-11-12-10-8-6-4-2;;/h2*13H,2-12H2,1H3;2*1,3-12H2,2H3;;/q;;2*-1;;+2. The van der Waals surface area contributed by atoms with Crippen LogP contribution >= 0.6 is 0 Å². The molecule has 52 heavy (non-hydrogen) atoms. The van der Waals surface area contributed by atoms with Gasteiger partial charge in [-0.1, -0.05) is 259 Å². The summed E-state index contributed by atoms with van der Waals surface area (Å²) in [5.74, 6) is 0. The summed E-state index contributed by atoms with van der Waals surface area (Å²) in [6.45, 7) is 17.5. The second-order valence-electron chi connectivity index (χ2n) is 15.2. The van der Waals surface area contributed by atoms with Crippen LogP contribution in [0.3, 0.4) is 0 Å². The van der Waals surface area contributed by atoms with Crippen molar-refractivity contribution in [2.75, 3.05) is 13.2 Å². The van der Waals surface area contributed by atoms with Crippen LogP contribution in [0.2, 0.25) is 0 Å². The van der Waals surface area contributed by atoms with E-state index in [1.54, 1.807) is 0 Å². The molecule has 4 heteroatoms. The number of aliphatic hydroxyl groups excluding tert-OH is 2. The molecule has 0 bridgehead atoms. The summed E-state index contributed by atoms with van der Waals surface area (Å²) in [5, 5.41) is 17.1.